The molecular formula is C13H12FN3O4. The number of ether oxygens (including phenoxy) is 1. The van der Waals surface area contributed by atoms with Crippen LogP contribution >= 0.6 is 0 Å². The number of carboxylic acid groups (broad SMARTS) is 1. The zero-order chi connectivity index (χ0) is 15.2. The Kier molecular flexibility index (Phi) is 4.50. The quantitative estimate of drug-likeness (QED) is 0.751. The molecule has 0 atom stereocenters. The van der Waals surface area contributed by atoms with E-state index in [1.54, 1.807) is 0 Å². The zero-order valence-electron chi connectivity index (χ0n) is 10.8. The standard InChI is InChI=1S/C13H12FN3O4/c14-8-1-3-9(4-2-8)21-6-5-12(18)15-11-7-10(13(19)20)16-17-11/h1-4,7H,5-6H2,(H,19,20)(H2,15,16,17,18). The third-order valence-electron chi connectivity index (χ3n) is 2.49. The fraction of sp³-hybridized carbons (Fsp3) is 0.154. The van der Waals surface area contributed by atoms with Crippen LogP contribution in [0.5, 0.6) is 5.75 Å². The average Bonchev–Trinajstić information content (AvgIpc) is 2.90. The van der Waals surface area contributed by atoms with E-state index in [4.69, 9.17) is 9.84 Å². The average molecular weight is 293 g/mol. The van der Waals surface area contributed by atoms with Crippen molar-refractivity contribution in [3.05, 3.63) is 41.8 Å². The van der Waals surface area contributed by atoms with Gasteiger partial charge in [0, 0.05) is 6.07 Å². The molecule has 1 heterocycles. The molecular weight excluding hydrogens is 281 g/mol. The number of nitrogens with one attached hydrogen (secondary N) is 2. The molecule has 1 amide bonds. The van der Waals surface area contributed by atoms with E-state index >= 15 is 0 Å². The van der Waals surface area contributed by atoms with E-state index < -0.39 is 5.97 Å². The summed E-state index contributed by atoms with van der Waals surface area (Å²) >= 11 is 0. The van der Waals surface area contributed by atoms with Crippen molar-refractivity contribution in [2.45, 2.75) is 6.42 Å². The van der Waals surface area contributed by atoms with Gasteiger partial charge in [0.05, 0.1) is 13.0 Å². The van der Waals surface area contributed by atoms with Gasteiger partial charge in [-0.3, -0.25) is 9.89 Å². The van der Waals surface area contributed by atoms with E-state index in [1.807, 2.05) is 0 Å². The van der Waals surface area contributed by atoms with Crippen LogP contribution in [0.15, 0.2) is 30.3 Å². The van der Waals surface area contributed by atoms with Gasteiger partial charge >= 0.3 is 5.97 Å². The van der Waals surface area contributed by atoms with Crippen molar-refractivity contribution >= 4 is 17.7 Å². The number of rotatable bonds is 6. The summed E-state index contributed by atoms with van der Waals surface area (Å²) in [7, 11) is 0. The van der Waals surface area contributed by atoms with Crippen molar-refractivity contribution in [1.29, 1.82) is 0 Å². The van der Waals surface area contributed by atoms with Gasteiger partial charge in [-0.05, 0) is 24.3 Å². The van der Waals surface area contributed by atoms with Crippen molar-refractivity contribution in [3.8, 4) is 5.75 Å². The molecule has 1 aromatic heterocycles. The van der Waals surface area contributed by atoms with Gasteiger partial charge in [-0.1, -0.05) is 0 Å². The number of anilines is 1. The molecule has 0 fully saturated rings. The van der Waals surface area contributed by atoms with Crippen LogP contribution in [-0.4, -0.2) is 33.8 Å². The van der Waals surface area contributed by atoms with E-state index in [2.05, 4.69) is 15.5 Å². The lowest BCUT2D eigenvalue weighted by Gasteiger charge is -2.05. The van der Waals surface area contributed by atoms with Crippen LogP contribution in [0.4, 0.5) is 10.2 Å². The number of aromatic carboxylic acids is 1. The molecule has 2 aromatic rings. The fourth-order valence-corrected chi connectivity index (χ4v) is 1.49. The summed E-state index contributed by atoms with van der Waals surface area (Å²) in [6.07, 6.45) is 0.0483. The normalized spacial score (nSPS) is 10.1. The van der Waals surface area contributed by atoms with Gasteiger partial charge in [-0.15, -0.1) is 0 Å². The molecule has 2 rings (SSSR count). The van der Waals surface area contributed by atoms with Gasteiger partial charge in [0.15, 0.2) is 5.82 Å². The molecule has 0 radical (unpaired) electrons. The smallest absolute Gasteiger partial charge is 0.353 e. The maximum atomic E-state index is 12.7. The zero-order valence-corrected chi connectivity index (χ0v) is 10.8. The molecule has 0 bridgehead atoms. The van der Waals surface area contributed by atoms with E-state index in [1.165, 1.54) is 30.3 Å². The topological polar surface area (TPSA) is 104 Å². The van der Waals surface area contributed by atoms with E-state index in [0.717, 1.165) is 0 Å². The van der Waals surface area contributed by atoms with Crippen LogP contribution in [0, 0.1) is 5.82 Å². The van der Waals surface area contributed by atoms with Gasteiger partial charge in [0.1, 0.15) is 17.3 Å². The fourth-order valence-electron chi connectivity index (χ4n) is 1.49. The molecule has 1 aromatic carbocycles. The first kappa shape index (κ1) is 14.5. The minimum atomic E-state index is -1.16. The van der Waals surface area contributed by atoms with Crippen molar-refractivity contribution in [3.63, 3.8) is 0 Å². The minimum absolute atomic E-state index is 0.0483. The number of aromatic amines is 1. The molecule has 0 saturated heterocycles. The summed E-state index contributed by atoms with van der Waals surface area (Å²) in [5.74, 6) is -1.33. The Bertz CT molecular complexity index is 639. The number of hydrogen-bond donors (Lipinski definition) is 3. The third-order valence-corrected chi connectivity index (χ3v) is 2.49. The lowest BCUT2D eigenvalue weighted by Crippen LogP contribution is -2.15. The monoisotopic (exact) mass is 293 g/mol. The number of carbonyl (C=O) groups excluding carboxylic acids is 1. The Hall–Kier alpha value is -2.90. The highest BCUT2D eigenvalue weighted by molar-refractivity contribution is 5.92. The number of halogens is 1. The SMILES string of the molecule is O=C(CCOc1ccc(F)cc1)Nc1cc(C(=O)O)[nH]n1. The Morgan fingerprint density at radius 1 is 1.33 bits per heavy atom. The molecule has 0 unspecified atom stereocenters. The largest absolute Gasteiger partial charge is 0.493 e. The summed E-state index contributed by atoms with van der Waals surface area (Å²) in [4.78, 5) is 22.2. The van der Waals surface area contributed by atoms with Gasteiger partial charge in [0.2, 0.25) is 5.91 Å². The maximum Gasteiger partial charge on any atom is 0.353 e. The lowest BCUT2D eigenvalue weighted by atomic mass is 10.3. The highest BCUT2D eigenvalue weighted by atomic mass is 19.1. The van der Waals surface area contributed by atoms with Gasteiger partial charge < -0.3 is 15.2 Å². The molecule has 0 saturated carbocycles. The van der Waals surface area contributed by atoms with Crippen LogP contribution < -0.4 is 10.1 Å². The number of aromatic nitrogens is 2. The number of hydrogen-bond acceptors (Lipinski definition) is 4. The number of benzene rings is 1. The summed E-state index contributed by atoms with van der Waals surface area (Å²) < 4.78 is 17.9. The highest BCUT2D eigenvalue weighted by Gasteiger charge is 2.10. The Balaban J connectivity index is 1.76. The van der Waals surface area contributed by atoms with Crippen molar-refractivity contribution < 1.29 is 23.8 Å². The molecule has 7 nitrogen and oxygen atoms in total. The molecule has 0 aliphatic heterocycles. The molecule has 110 valence electrons. The van der Waals surface area contributed by atoms with E-state index in [-0.39, 0.29) is 36.3 Å². The minimum Gasteiger partial charge on any atom is -0.493 e. The summed E-state index contributed by atoms with van der Waals surface area (Å²) in [5, 5.41) is 17.0. The molecule has 3 N–H and O–H groups in total. The first-order valence-corrected chi connectivity index (χ1v) is 6.01. The Morgan fingerprint density at radius 3 is 2.67 bits per heavy atom. The van der Waals surface area contributed by atoms with Crippen LogP contribution in [-0.2, 0) is 4.79 Å². The number of nitrogens with zero attached hydrogens (tertiary/aromatic N) is 1. The summed E-state index contributed by atoms with van der Waals surface area (Å²) in [6.45, 7) is 0.105. The molecule has 8 heteroatoms. The number of carbonyl (C=O) groups is 2. The number of H-pyrrole nitrogens is 1. The third kappa shape index (κ3) is 4.30. The lowest BCUT2D eigenvalue weighted by molar-refractivity contribution is -0.116. The number of carboxylic acids is 1. The van der Waals surface area contributed by atoms with Gasteiger partial charge in [-0.2, -0.15) is 5.10 Å². The summed E-state index contributed by atoms with van der Waals surface area (Å²) in [6, 6.07) is 6.64. The second kappa shape index (κ2) is 6.51. The predicted octanol–water partition coefficient (Wildman–Crippen LogP) is 1.65. The highest BCUT2D eigenvalue weighted by Crippen LogP contribution is 2.11. The van der Waals surface area contributed by atoms with Crippen LogP contribution in [0.3, 0.4) is 0 Å². The molecule has 0 aliphatic carbocycles. The van der Waals surface area contributed by atoms with Gasteiger partial charge in [0.25, 0.3) is 0 Å². The van der Waals surface area contributed by atoms with Crippen molar-refractivity contribution in [2.75, 3.05) is 11.9 Å². The van der Waals surface area contributed by atoms with Gasteiger partial charge in [-0.25, -0.2) is 9.18 Å². The molecule has 21 heavy (non-hydrogen) atoms. The van der Waals surface area contributed by atoms with E-state index in [0.29, 0.717) is 5.75 Å². The van der Waals surface area contributed by atoms with Crippen LogP contribution in [0.25, 0.3) is 0 Å². The second-order valence-corrected chi connectivity index (χ2v) is 4.07. The number of amides is 1. The first-order valence-electron chi connectivity index (χ1n) is 6.01. The molecule has 0 aliphatic rings. The second-order valence-electron chi connectivity index (χ2n) is 4.07. The van der Waals surface area contributed by atoms with Crippen LogP contribution in [0.1, 0.15) is 16.9 Å². The van der Waals surface area contributed by atoms with Crippen molar-refractivity contribution in [1.82, 2.24) is 10.2 Å². The molecule has 0 spiro atoms. The van der Waals surface area contributed by atoms with E-state index in [9.17, 15) is 14.0 Å². The Morgan fingerprint density at radius 2 is 2.05 bits per heavy atom. The maximum absolute atomic E-state index is 12.7. The first-order chi connectivity index (χ1) is 10.0. The van der Waals surface area contributed by atoms with Crippen LogP contribution in [0.2, 0.25) is 0 Å². The summed E-state index contributed by atoms with van der Waals surface area (Å²) in [5.41, 5.74) is -0.118. The Labute approximate surface area is 118 Å². The predicted molar refractivity (Wildman–Crippen MR) is 70.7 cm³/mol. The van der Waals surface area contributed by atoms with Crippen molar-refractivity contribution in [2.24, 2.45) is 0 Å².